The summed E-state index contributed by atoms with van der Waals surface area (Å²) in [6.45, 7) is 3.45. The lowest BCUT2D eigenvalue weighted by Gasteiger charge is -2.08. The van der Waals surface area contributed by atoms with Crippen LogP contribution in [-0.2, 0) is 0 Å². The van der Waals surface area contributed by atoms with Gasteiger partial charge in [-0.15, -0.1) is 19.0 Å². The molecule has 0 fully saturated rings. The number of phenolic OH excluding ortho intramolecular Hbond substituents is 1. The molecule has 0 unspecified atom stereocenters. The summed E-state index contributed by atoms with van der Waals surface area (Å²) < 4.78 is 12.6. The van der Waals surface area contributed by atoms with Gasteiger partial charge in [-0.05, 0) is 18.2 Å². The topological polar surface area (TPSA) is 46.2 Å². The first-order chi connectivity index (χ1) is 5.65. The number of aromatic hydroxyl groups is 1. The Kier molecular flexibility index (Phi) is 4.45. The van der Waals surface area contributed by atoms with E-state index in [1.807, 2.05) is 0 Å². The summed E-state index contributed by atoms with van der Waals surface area (Å²) in [6.07, 6.45) is 1.44. The average molecular weight is 204 g/mol. The highest BCUT2D eigenvalue weighted by Gasteiger charge is 2.07. The molecule has 13 heavy (non-hydrogen) atoms. The van der Waals surface area contributed by atoms with Gasteiger partial charge in [0.15, 0.2) is 0 Å². The molecule has 0 aliphatic heterocycles. The van der Waals surface area contributed by atoms with Gasteiger partial charge in [-0.2, -0.15) is 0 Å². The molecule has 1 aromatic rings. The number of benzene rings is 1. The molecule has 0 radical (unpaired) electrons. The van der Waals surface area contributed by atoms with E-state index < -0.39 is 11.9 Å². The van der Waals surface area contributed by atoms with Gasteiger partial charge in [0.1, 0.15) is 11.6 Å². The number of phenols is 1. The van der Waals surface area contributed by atoms with Gasteiger partial charge in [-0.3, -0.25) is 0 Å². The fraction of sp³-hybridized carbons (Fsp3) is 0.111. The van der Waals surface area contributed by atoms with Crippen molar-refractivity contribution in [3.05, 3.63) is 42.2 Å². The summed E-state index contributed by atoms with van der Waals surface area (Å²) in [5.74, 6) is -0.427. The molecule has 0 saturated carbocycles. The minimum absolute atomic E-state index is 0. The molecule has 0 heterocycles. The van der Waals surface area contributed by atoms with E-state index in [0.29, 0.717) is 5.56 Å². The van der Waals surface area contributed by atoms with Crippen molar-refractivity contribution < 1.29 is 9.50 Å². The van der Waals surface area contributed by atoms with Gasteiger partial charge in [0.2, 0.25) is 0 Å². The Balaban J connectivity index is 0.00000144. The lowest BCUT2D eigenvalue weighted by Crippen LogP contribution is -2.06. The van der Waals surface area contributed by atoms with Gasteiger partial charge in [-0.25, -0.2) is 4.39 Å². The van der Waals surface area contributed by atoms with Gasteiger partial charge in [0, 0.05) is 5.56 Å². The van der Waals surface area contributed by atoms with Crippen LogP contribution in [0.2, 0.25) is 0 Å². The van der Waals surface area contributed by atoms with Crippen LogP contribution in [0.5, 0.6) is 5.75 Å². The van der Waals surface area contributed by atoms with Gasteiger partial charge in [0.25, 0.3) is 0 Å². The van der Waals surface area contributed by atoms with Crippen LogP contribution in [0.4, 0.5) is 4.39 Å². The van der Waals surface area contributed by atoms with E-state index in [2.05, 4.69) is 6.58 Å². The summed E-state index contributed by atoms with van der Waals surface area (Å²) in [4.78, 5) is 0. The standard InChI is InChI=1S/C9H10FNO.ClH/c1-2-8(11)7-5-6(10)3-4-9(7)12;/h2-5,8,12H,1,11H2;1H/t8-;/m0./s1. The maximum atomic E-state index is 12.6. The van der Waals surface area contributed by atoms with E-state index in [4.69, 9.17) is 5.73 Å². The number of halogens is 2. The van der Waals surface area contributed by atoms with E-state index >= 15 is 0 Å². The van der Waals surface area contributed by atoms with Crippen molar-refractivity contribution in [2.45, 2.75) is 6.04 Å². The fourth-order valence-corrected chi connectivity index (χ4v) is 0.919. The minimum Gasteiger partial charge on any atom is -0.508 e. The first-order valence-electron chi connectivity index (χ1n) is 3.51. The second kappa shape index (κ2) is 4.84. The lowest BCUT2D eigenvalue weighted by molar-refractivity contribution is 0.463. The Hall–Kier alpha value is -1.06. The first-order valence-corrected chi connectivity index (χ1v) is 3.51. The summed E-state index contributed by atoms with van der Waals surface area (Å²) in [6, 6.07) is 3.12. The molecule has 1 rings (SSSR count). The summed E-state index contributed by atoms with van der Waals surface area (Å²) in [7, 11) is 0. The van der Waals surface area contributed by atoms with Gasteiger partial charge >= 0.3 is 0 Å². The fourth-order valence-electron chi connectivity index (χ4n) is 0.919. The molecular formula is C9H11ClFNO. The van der Waals surface area contributed by atoms with E-state index in [1.165, 1.54) is 24.3 Å². The predicted octanol–water partition coefficient (Wildman–Crippen LogP) is 2.14. The zero-order valence-electron chi connectivity index (χ0n) is 6.90. The number of hydrogen-bond donors (Lipinski definition) is 2. The largest absolute Gasteiger partial charge is 0.508 e. The molecule has 0 aliphatic rings. The average Bonchev–Trinajstić information content (AvgIpc) is 2.08. The molecule has 3 N–H and O–H groups in total. The first kappa shape index (κ1) is 11.9. The van der Waals surface area contributed by atoms with E-state index in [-0.39, 0.29) is 18.2 Å². The predicted molar refractivity (Wildman–Crippen MR) is 52.4 cm³/mol. The molecule has 4 heteroatoms. The van der Waals surface area contributed by atoms with Crippen molar-refractivity contribution >= 4 is 12.4 Å². The van der Waals surface area contributed by atoms with Crippen molar-refractivity contribution in [3.63, 3.8) is 0 Å². The third-order valence-electron chi connectivity index (χ3n) is 1.60. The zero-order valence-corrected chi connectivity index (χ0v) is 7.72. The molecule has 0 amide bonds. The van der Waals surface area contributed by atoms with E-state index in [0.717, 1.165) is 0 Å². The molecule has 72 valence electrons. The maximum absolute atomic E-state index is 12.6. The van der Waals surface area contributed by atoms with Crippen LogP contribution in [0.15, 0.2) is 30.9 Å². The monoisotopic (exact) mass is 203 g/mol. The van der Waals surface area contributed by atoms with Crippen molar-refractivity contribution in [1.82, 2.24) is 0 Å². The Morgan fingerprint density at radius 1 is 1.54 bits per heavy atom. The van der Waals surface area contributed by atoms with E-state index in [9.17, 15) is 9.50 Å². The Morgan fingerprint density at radius 2 is 2.15 bits per heavy atom. The smallest absolute Gasteiger partial charge is 0.123 e. The molecule has 0 spiro atoms. The number of rotatable bonds is 2. The quantitative estimate of drug-likeness (QED) is 0.724. The van der Waals surface area contributed by atoms with Crippen LogP contribution in [0.3, 0.4) is 0 Å². The van der Waals surface area contributed by atoms with Crippen LogP contribution in [0.1, 0.15) is 11.6 Å². The summed E-state index contributed by atoms with van der Waals surface area (Å²) >= 11 is 0. The molecule has 0 aromatic heterocycles. The highest BCUT2D eigenvalue weighted by molar-refractivity contribution is 5.85. The molecule has 1 aromatic carbocycles. The molecule has 1 atom stereocenters. The Labute approximate surface area is 82.3 Å². The van der Waals surface area contributed by atoms with Crippen LogP contribution in [-0.4, -0.2) is 5.11 Å². The molecule has 2 nitrogen and oxygen atoms in total. The molecule has 0 aliphatic carbocycles. The van der Waals surface area contributed by atoms with Crippen molar-refractivity contribution in [1.29, 1.82) is 0 Å². The van der Waals surface area contributed by atoms with Crippen LogP contribution in [0, 0.1) is 5.82 Å². The van der Waals surface area contributed by atoms with Crippen LogP contribution < -0.4 is 5.73 Å². The summed E-state index contributed by atoms with van der Waals surface area (Å²) in [5, 5.41) is 9.24. The van der Waals surface area contributed by atoms with Gasteiger partial charge in [0.05, 0.1) is 6.04 Å². The van der Waals surface area contributed by atoms with Crippen LogP contribution in [0.25, 0.3) is 0 Å². The van der Waals surface area contributed by atoms with Crippen molar-refractivity contribution in [2.24, 2.45) is 5.73 Å². The maximum Gasteiger partial charge on any atom is 0.123 e. The minimum atomic E-state index is -0.527. The highest BCUT2D eigenvalue weighted by atomic mass is 35.5. The van der Waals surface area contributed by atoms with Gasteiger partial charge < -0.3 is 10.8 Å². The Bertz CT molecular complexity index is 304. The number of hydrogen-bond acceptors (Lipinski definition) is 2. The summed E-state index contributed by atoms with van der Waals surface area (Å²) in [5.41, 5.74) is 5.87. The zero-order chi connectivity index (χ0) is 9.14. The third-order valence-corrected chi connectivity index (χ3v) is 1.60. The second-order valence-electron chi connectivity index (χ2n) is 2.46. The van der Waals surface area contributed by atoms with Crippen molar-refractivity contribution in [3.8, 4) is 5.75 Å². The SMILES string of the molecule is C=C[C@H](N)c1cc(F)ccc1O.Cl. The molecular weight excluding hydrogens is 193 g/mol. The second-order valence-corrected chi connectivity index (χ2v) is 2.46. The number of nitrogens with two attached hydrogens (primary N) is 1. The van der Waals surface area contributed by atoms with Crippen LogP contribution >= 0.6 is 12.4 Å². The normalized spacial score (nSPS) is 11.5. The Morgan fingerprint density at radius 3 is 2.69 bits per heavy atom. The van der Waals surface area contributed by atoms with Crippen molar-refractivity contribution in [2.75, 3.05) is 0 Å². The van der Waals surface area contributed by atoms with E-state index in [1.54, 1.807) is 0 Å². The lowest BCUT2D eigenvalue weighted by atomic mass is 10.1. The highest BCUT2D eigenvalue weighted by Crippen LogP contribution is 2.23. The van der Waals surface area contributed by atoms with Gasteiger partial charge in [-0.1, -0.05) is 6.08 Å². The third kappa shape index (κ3) is 2.72. The molecule has 0 bridgehead atoms. The molecule has 0 saturated heterocycles.